The van der Waals surface area contributed by atoms with E-state index < -0.39 is 5.97 Å². The summed E-state index contributed by atoms with van der Waals surface area (Å²) in [4.78, 5) is 25.0. The van der Waals surface area contributed by atoms with Crippen LogP contribution in [-0.2, 0) is 9.59 Å². The van der Waals surface area contributed by atoms with Gasteiger partial charge in [0.05, 0.1) is 11.7 Å². The summed E-state index contributed by atoms with van der Waals surface area (Å²) in [5, 5.41) is 9.44. The first-order valence-corrected chi connectivity index (χ1v) is 8.73. The summed E-state index contributed by atoms with van der Waals surface area (Å²) in [5.41, 5.74) is 0. The Balaban J connectivity index is 1.65. The van der Waals surface area contributed by atoms with Crippen LogP contribution in [0, 0.1) is 11.8 Å². The second kappa shape index (κ2) is 7.34. The molecule has 20 heavy (non-hydrogen) atoms. The molecule has 114 valence electrons. The zero-order chi connectivity index (χ0) is 14.5. The highest BCUT2D eigenvalue weighted by Crippen LogP contribution is 2.32. The summed E-state index contributed by atoms with van der Waals surface area (Å²) in [5.74, 6) is 0.759. The fraction of sp³-hybridized carbons (Fsp3) is 0.867. The predicted octanol–water partition coefficient (Wildman–Crippen LogP) is 2.62. The molecule has 2 rings (SSSR count). The molecule has 1 aliphatic carbocycles. The van der Waals surface area contributed by atoms with Gasteiger partial charge in [0.2, 0.25) is 5.91 Å². The van der Waals surface area contributed by atoms with Gasteiger partial charge < -0.3 is 10.0 Å². The van der Waals surface area contributed by atoms with E-state index in [4.69, 9.17) is 5.11 Å². The van der Waals surface area contributed by atoms with Gasteiger partial charge in [0.25, 0.3) is 0 Å². The average molecular weight is 299 g/mol. The lowest BCUT2D eigenvalue weighted by Gasteiger charge is -2.31. The zero-order valence-electron chi connectivity index (χ0n) is 12.2. The highest BCUT2D eigenvalue weighted by Gasteiger charge is 2.27. The number of carboxylic acids is 1. The molecule has 4 nitrogen and oxygen atoms in total. The lowest BCUT2D eigenvalue weighted by Crippen LogP contribution is -2.39. The second-order valence-electron chi connectivity index (χ2n) is 6.19. The van der Waals surface area contributed by atoms with Gasteiger partial charge in [-0.2, -0.15) is 0 Å². The molecule has 0 radical (unpaired) electrons. The van der Waals surface area contributed by atoms with Crippen LogP contribution in [0.1, 0.15) is 45.4 Å². The van der Waals surface area contributed by atoms with Gasteiger partial charge in [0.15, 0.2) is 0 Å². The van der Waals surface area contributed by atoms with Crippen molar-refractivity contribution in [3.63, 3.8) is 0 Å². The minimum atomic E-state index is -0.660. The van der Waals surface area contributed by atoms with Crippen molar-refractivity contribution in [2.24, 2.45) is 11.8 Å². The predicted molar refractivity (Wildman–Crippen MR) is 80.8 cm³/mol. The first-order valence-electron chi connectivity index (χ1n) is 7.68. The number of hydrogen-bond acceptors (Lipinski definition) is 3. The first-order chi connectivity index (χ1) is 9.56. The number of carboxylic acid groups (broad SMARTS) is 1. The summed E-state index contributed by atoms with van der Waals surface area (Å²) in [6.07, 6.45) is 5.66. The number of amides is 1. The van der Waals surface area contributed by atoms with Gasteiger partial charge in [-0.15, -0.1) is 11.8 Å². The fourth-order valence-electron chi connectivity index (χ4n) is 3.01. The normalized spacial score (nSPS) is 28.4. The van der Waals surface area contributed by atoms with E-state index >= 15 is 0 Å². The molecule has 1 saturated carbocycles. The van der Waals surface area contributed by atoms with E-state index in [1.807, 2.05) is 4.90 Å². The van der Waals surface area contributed by atoms with Crippen LogP contribution in [-0.4, -0.2) is 46.0 Å². The Bertz CT molecular complexity index is 345. The second-order valence-corrected chi connectivity index (χ2v) is 7.47. The molecule has 0 bridgehead atoms. The van der Waals surface area contributed by atoms with Crippen molar-refractivity contribution in [1.29, 1.82) is 0 Å². The van der Waals surface area contributed by atoms with Crippen LogP contribution in [0.4, 0.5) is 0 Å². The van der Waals surface area contributed by atoms with Gasteiger partial charge in [-0.05, 0) is 44.4 Å². The molecule has 1 amide bonds. The number of carbonyl (C=O) groups is 2. The topological polar surface area (TPSA) is 57.6 Å². The van der Waals surface area contributed by atoms with Crippen molar-refractivity contribution in [2.75, 3.05) is 18.8 Å². The fourth-order valence-corrected chi connectivity index (χ4v) is 4.18. The Morgan fingerprint density at radius 2 is 1.70 bits per heavy atom. The highest BCUT2D eigenvalue weighted by atomic mass is 32.2. The van der Waals surface area contributed by atoms with E-state index in [1.165, 1.54) is 0 Å². The van der Waals surface area contributed by atoms with Crippen LogP contribution in [0.5, 0.6) is 0 Å². The molecule has 1 saturated heterocycles. The summed E-state index contributed by atoms with van der Waals surface area (Å²) in [7, 11) is 0. The minimum absolute atomic E-state index is 0.161. The quantitative estimate of drug-likeness (QED) is 0.867. The van der Waals surface area contributed by atoms with Gasteiger partial charge in [0.1, 0.15) is 0 Å². The molecular formula is C15H25NO3S. The Morgan fingerprint density at radius 1 is 1.10 bits per heavy atom. The maximum absolute atomic E-state index is 12.1. The molecule has 1 heterocycles. The van der Waals surface area contributed by atoms with Gasteiger partial charge in [-0.3, -0.25) is 9.59 Å². The van der Waals surface area contributed by atoms with Crippen LogP contribution in [0.2, 0.25) is 0 Å². The monoisotopic (exact) mass is 299 g/mol. The van der Waals surface area contributed by atoms with Gasteiger partial charge in [-0.25, -0.2) is 0 Å². The molecule has 2 fully saturated rings. The standard InChI is InChI=1S/C15H25NO3S/c1-11-6-8-16(9-7-11)14(17)10-20-13-4-2-12(3-5-13)15(18)19/h11-13H,2-10H2,1H3,(H,18,19). The minimum Gasteiger partial charge on any atom is -0.481 e. The third-order valence-corrected chi connectivity index (χ3v) is 5.96. The van der Waals surface area contributed by atoms with E-state index in [0.29, 0.717) is 11.0 Å². The van der Waals surface area contributed by atoms with Crippen LogP contribution < -0.4 is 0 Å². The van der Waals surface area contributed by atoms with Crippen molar-refractivity contribution in [3.05, 3.63) is 0 Å². The Labute approximate surface area is 125 Å². The summed E-state index contributed by atoms with van der Waals surface area (Å²) in [6, 6.07) is 0. The SMILES string of the molecule is CC1CCN(C(=O)CSC2CCC(C(=O)O)CC2)CC1. The van der Waals surface area contributed by atoms with Crippen molar-refractivity contribution in [1.82, 2.24) is 4.90 Å². The summed E-state index contributed by atoms with van der Waals surface area (Å²) < 4.78 is 0. The maximum Gasteiger partial charge on any atom is 0.306 e. The molecule has 2 aliphatic rings. The molecule has 0 aromatic rings. The van der Waals surface area contributed by atoms with Gasteiger partial charge >= 0.3 is 5.97 Å². The smallest absolute Gasteiger partial charge is 0.306 e. The molecule has 5 heteroatoms. The first kappa shape index (κ1) is 15.7. The number of nitrogens with zero attached hydrogens (tertiary/aromatic N) is 1. The summed E-state index contributed by atoms with van der Waals surface area (Å²) in [6.45, 7) is 4.07. The molecule has 1 N–H and O–H groups in total. The largest absolute Gasteiger partial charge is 0.481 e. The van der Waals surface area contributed by atoms with Gasteiger partial charge in [-0.1, -0.05) is 6.92 Å². The van der Waals surface area contributed by atoms with Crippen LogP contribution >= 0.6 is 11.8 Å². The van der Waals surface area contributed by atoms with E-state index in [-0.39, 0.29) is 11.8 Å². The number of carbonyl (C=O) groups excluding carboxylic acids is 1. The molecule has 0 atom stereocenters. The third-order valence-electron chi connectivity index (χ3n) is 4.60. The van der Waals surface area contributed by atoms with Crippen molar-refractivity contribution < 1.29 is 14.7 Å². The number of thioether (sulfide) groups is 1. The number of hydrogen-bond donors (Lipinski definition) is 1. The Hall–Kier alpha value is -0.710. The molecular weight excluding hydrogens is 274 g/mol. The van der Waals surface area contributed by atoms with Gasteiger partial charge in [0, 0.05) is 18.3 Å². The lowest BCUT2D eigenvalue weighted by molar-refractivity contribution is -0.142. The molecule has 0 aromatic carbocycles. The van der Waals surface area contributed by atoms with Crippen LogP contribution in [0.15, 0.2) is 0 Å². The Kier molecular flexibility index (Phi) is 5.75. The van der Waals surface area contributed by atoms with Crippen molar-refractivity contribution in [2.45, 2.75) is 50.7 Å². The number of piperidine rings is 1. The number of rotatable bonds is 4. The van der Waals surface area contributed by atoms with E-state index in [1.54, 1.807) is 11.8 Å². The summed E-state index contributed by atoms with van der Waals surface area (Å²) >= 11 is 1.73. The van der Waals surface area contributed by atoms with Crippen LogP contribution in [0.3, 0.4) is 0 Å². The van der Waals surface area contributed by atoms with E-state index in [0.717, 1.165) is 57.5 Å². The lowest BCUT2D eigenvalue weighted by atomic mass is 9.89. The highest BCUT2D eigenvalue weighted by molar-refractivity contribution is 8.00. The van der Waals surface area contributed by atoms with Crippen molar-refractivity contribution >= 4 is 23.6 Å². The number of aliphatic carboxylic acids is 1. The molecule has 1 aliphatic heterocycles. The van der Waals surface area contributed by atoms with Crippen molar-refractivity contribution in [3.8, 4) is 0 Å². The molecule has 0 aromatic heterocycles. The Morgan fingerprint density at radius 3 is 2.25 bits per heavy atom. The van der Waals surface area contributed by atoms with Crippen LogP contribution in [0.25, 0.3) is 0 Å². The molecule has 0 spiro atoms. The number of likely N-dealkylation sites (tertiary alicyclic amines) is 1. The third kappa shape index (κ3) is 4.40. The van der Waals surface area contributed by atoms with E-state index in [9.17, 15) is 9.59 Å². The zero-order valence-corrected chi connectivity index (χ0v) is 13.0. The van der Waals surface area contributed by atoms with E-state index in [2.05, 4.69) is 6.92 Å². The molecule has 0 unspecified atom stereocenters. The maximum atomic E-state index is 12.1. The average Bonchev–Trinajstić information content (AvgIpc) is 2.46.